The van der Waals surface area contributed by atoms with Gasteiger partial charge in [-0.15, -0.1) is 0 Å². The number of anilines is 2. The minimum atomic E-state index is -0.481. The van der Waals surface area contributed by atoms with Crippen molar-refractivity contribution in [3.8, 4) is 0 Å². The molecule has 1 aliphatic carbocycles. The van der Waals surface area contributed by atoms with E-state index in [0.29, 0.717) is 22.7 Å². The molecule has 0 spiro atoms. The Labute approximate surface area is 114 Å². The van der Waals surface area contributed by atoms with Crippen molar-refractivity contribution >= 4 is 17.3 Å². The highest BCUT2D eigenvalue weighted by Gasteiger charge is 2.26. The summed E-state index contributed by atoms with van der Waals surface area (Å²) in [5.41, 5.74) is 13.2. The van der Waals surface area contributed by atoms with Crippen molar-refractivity contribution in [1.82, 2.24) is 0 Å². The van der Waals surface area contributed by atoms with Gasteiger partial charge in [-0.3, -0.25) is 4.79 Å². The molecule has 1 aromatic carbocycles. The molecular weight excluding hydrogens is 238 g/mol. The van der Waals surface area contributed by atoms with Gasteiger partial charge in [0, 0.05) is 17.4 Å². The van der Waals surface area contributed by atoms with Crippen molar-refractivity contribution in [2.24, 2.45) is 11.1 Å². The van der Waals surface area contributed by atoms with Gasteiger partial charge in [0.25, 0.3) is 5.91 Å². The van der Waals surface area contributed by atoms with Crippen LogP contribution in [0.4, 0.5) is 11.4 Å². The summed E-state index contributed by atoms with van der Waals surface area (Å²) < 4.78 is 0. The molecule has 0 saturated heterocycles. The number of primary amides is 1. The van der Waals surface area contributed by atoms with E-state index in [1.165, 1.54) is 12.8 Å². The molecule has 0 radical (unpaired) electrons. The average Bonchev–Trinajstić information content (AvgIpc) is 2.34. The Morgan fingerprint density at radius 1 is 1.32 bits per heavy atom. The van der Waals surface area contributed by atoms with Crippen LogP contribution in [-0.4, -0.2) is 11.9 Å². The predicted molar refractivity (Wildman–Crippen MR) is 79.0 cm³/mol. The van der Waals surface area contributed by atoms with Crippen molar-refractivity contribution < 1.29 is 4.79 Å². The maximum atomic E-state index is 11.3. The lowest BCUT2D eigenvalue weighted by Gasteiger charge is -2.35. The number of carbonyl (C=O) groups excluding carboxylic acids is 1. The zero-order valence-corrected chi connectivity index (χ0v) is 11.7. The van der Waals surface area contributed by atoms with E-state index >= 15 is 0 Å². The first-order valence-corrected chi connectivity index (χ1v) is 6.83. The molecule has 4 nitrogen and oxygen atoms in total. The fourth-order valence-corrected chi connectivity index (χ4v) is 2.64. The first-order chi connectivity index (χ1) is 8.87. The monoisotopic (exact) mass is 261 g/mol. The third-order valence-electron chi connectivity index (χ3n) is 4.03. The van der Waals surface area contributed by atoms with Crippen molar-refractivity contribution in [1.29, 1.82) is 0 Å². The van der Waals surface area contributed by atoms with Gasteiger partial charge in [-0.2, -0.15) is 0 Å². The molecule has 1 aromatic rings. The van der Waals surface area contributed by atoms with Crippen LogP contribution >= 0.6 is 0 Å². The van der Waals surface area contributed by atoms with Crippen LogP contribution in [0.25, 0.3) is 0 Å². The number of nitrogen functional groups attached to an aromatic ring is 1. The van der Waals surface area contributed by atoms with E-state index in [4.69, 9.17) is 11.5 Å². The Hall–Kier alpha value is -1.71. The third kappa shape index (κ3) is 3.40. The van der Waals surface area contributed by atoms with Gasteiger partial charge >= 0.3 is 0 Å². The Kier molecular flexibility index (Phi) is 3.69. The van der Waals surface area contributed by atoms with Crippen molar-refractivity contribution in [2.75, 3.05) is 11.1 Å². The van der Waals surface area contributed by atoms with Crippen LogP contribution in [0, 0.1) is 5.41 Å². The van der Waals surface area contributed by atoms with Gasteiger partial charge in [-0.05, 0) is 49.3 Å². The van der Waals surface area contributed by atoms with Gasteiger partial charge in [-0.25, -0.2) is 0 Å². The Morgan fingerprint density at radius 3 is 2.53 bits per heavy atom. The van der Waals surface area contributed by atoms with Crippen LogP contribution in [0.15, 0.2) is 18.2 Å². The zero-order chi connectivity index (χ0) is 14.0. The van der Waals surface area contributed by atoms with Gasteiger partial charge in [0.05, 0.1) is 5.56 Å². The largest absolute Gasteiger partial charge is 0.398 e. The molecule has 1 saturated carbocycles. The fourth-order valence-electron chi connectivity index (χ4n) is 2.64. The predicted octanol–water partition coefficient (Wildman–Crippen LogP) is 2.75. The smallest absolute Gasteiger partial charge is 0.250 e. The zero-order valence-electron chi connectivity index (χ0n) is 11.7. The maximum absolute atomic E-state index is 11.3. The Morgan fingerprint density at radius 2 is 1.95 bits per heavy atom. The number of hydrogen-bond donors (Lipinski definition) is 3. The first-order valence-electron chi connectivity index (χ1n) is 6.83. The topological polar surface area (TPSA) is 81.1 Å². The molecule has 0 bridgehead atoms. The van der Waals surface area contributed by atoms with Crippen molar-refractivity contribution in [2.45, 2.75) is 45.6 Å². The number of nitrogens with two attached hydrogens (primary N) is 2. The van der Waals surface area contributed by atoms with Gasteiger partial charge < -0.3 is 16.8 Å². The molecular formula is C15H23N3O. The molecule has 0 unspecified atom stereocenters. The van der Waals surface area contributed by atoms with E-state index in [0.717, 1.165) is 18.5 Å². The number of benzene rings is 1. The second-order valence-electron chi connectivity index (χ2n) is 6.25. The normalized spacial score (nSPS) is 19.1. The van der Waals surface area contributed by atoms with Gasteiger partial charge in [0.1, 0.15) is 0 Å². The molecule has 0 aromatic heterocycles. The summed E-state index contributed by atoms with van der Waals surface area (Å²) in [6.45, 7) is 4.63. The van der Waals surface area contributed by atoms with Crippen LogP contribution in [0.1, 0.15) is 49.9 Å². The van der Waals surface area contributed by atoms with E-state index < -0.39 is 5.91 Å². The van der Waals surface area contributed by atoms with Crippen LogP contribution < -0.4 is 16.8 Å². The first kappa shape index (κ1) is 13.7. The summed E-state index contributed by atoms with van der Waals surface area (Å²) in [6.07, 6.45) is 4.76. The Bertz CT molecular complexity index is 472. The molecule has 19 heavy (non-hydrogen) atoms. The highest BCUT2D eigenvalue weighted by Crippen LogP contribution is 2.36. The molecule has 1 fully saturated rings. The summed E-state index contributed by atoms with van der Waals surface area (Å²) in [7, 11) is 0. The molecule has 0 atom stereocenters. The van der Waals surface area contributed by atoms with Crippen LogP contribution in [0.2, 0.25) is 0 Å². The SMILES string of the molecule is CC1(C)CCC(Nc2ccc(N)c(C(N)=O)c2)CC1. The van der Waals surface area contributed by atoms with Gasteiger partial charge in [0.15, 0.2) is 0 Å². The lowest BCUT2D eigenvalue weighted by atomic mass is 9.75. The minimum absolute atomic E-state index is 0.390. The number of hydrogen-bond acceptors (Lipinski definition) is 3. The van der Waals surface area contributed by atoms with Crippen molar-refractivity contribution in [3.05, 3.63) is 23.8 Å². The molecule has 2 rings (SSSR count). The summed E-state index contributed by atoms with van der Waals surface area (Å²) in [5, 5.41) is 3.48. The molecule has 5 N–H and O–H groups in total. The Balaban J connectivity index is 2.04. The summed E-state index contributed by atoms with van der Waals surface area (Å²) in [6, 6.07) is 5.85. The summed E-state index contributed by atoms with van der Waals surface area (Å²) in [4.78, 5) is 11.3. The quantitative estimate of drug-likeness (QED) is 0.732. The van der Waals surface area contributed by atoms with E-state index in [9.17, 15) is 4.79 Å². The summed E-state index contributed by atoms with van der Waals surface area (Å²) >= 11 is 0. The molecule has 0 aliphatic heterocycles. The van der Waals surface area contributed by atoms with E-state index in [1.54, 1.807) is 12.1 Å². The standard InChI is InChI=1S/C15H23N3O/c1-15(2)7-5-10(6-8-15)18-11-3-4-13(16)12(9-11)14(17)19/h3-4,9-10,18H,5-8,16H2,1-2H3,(H2,17,19). The average molecular weight is 261 g/mol. The van der Waals surface area contributed by atoms with Crippen molar-refractivity contribution in [3.63, 3.8) is 0 Å². The number of amides is 1. The lowest BCUT2D eigenvalue weighted by Crippen LogP contribution is -2.30. The number of nitrogens with one attached hydrogen (secondary N) is 1. The second kappa shape index (κ2) is 5.11. The highest BCUT2D eigenvalue weighted by atomic mass is 16.1. The van der Waals surface area contributed by atoms with E-state index in [2.05, 4.69) is 19.2 Å². The minimum Gasteiger partial charge on any atom is -0.398 e. The number of rotatable bonds is 3. The van der Waals surface area contributed by atoms with Crippen LogP contribution in [0.3, 0.4) is 0 Å². The molecule has 104 valence electrons. The molecule has 1 amide bonds. The third-order valence-corrected chi connectivity index (χ3v) is 4.03. The van der Waals surface area contributed by atoms with Crippen LogP contribution in [0.5, 0.6) is 0 Å². The summed E-state index contributed by atoms with van der Waals surface area (Å²) in [5.74, 6) is -0.481. The van der Waals surface area contributed by atoms with E-state index in [1.807, 2.05) is 6.07 Å². The molecule has 0 heterocycles. The fraction of sp³-hybridized carbons (Fsp3) is 0.533. The molecule has 1 aliphatic rings. The number of carbonyl (C=O) groups is 1. The van der Waals surface area contributed by atoms with E-state index in [-0.39, 0.29) is 0 Å². The lowest BCUT2D eigenvalue weighted by molar-refractivity contribution is 0.100. The van der Waals surface area contributed by atoms with Gasteiger partial charge in [0.2, 0.25) is 0 Å². The van der Waals surface area contributed by atoms with Gasteiger partial charge in [-0.1, -0.05) is 13.8 Å². The maximum Gasteiger partial charge on any atom is 0.250 e. The molecule has 4 heteroatoms. The van der Waals surface area contributed by atoms with Crippen LogP contribution in [-0.2, 0) is 0 Å². The second-order valence-corrected chi connectivity index (χ2v) is 6.25. The highest BCUT2D eigenvalue weighted by molar-refractivity contribution is 5.98.